The van der Waals surface area contributed by atoms with Gasteiger partial charge in [-0.1, -0.05) is 20.8 Å². The fourth-order valence-electron chi connectivity index (χ4n) is 0.957. The molecular weight excluding hydrogens is 223 g/mol. The SMILES string of the molecule is CC(C)(C)c1cc(NC(=O)C(F)(F)F)n[nH]1. The van der Waals surface area contributed by atoms with Crippen molar-refractivity contribution in [2.75, 3.05) is 5.32 Å². The molecule has 90 valence electrons. The predicted octanol–water partition coefficient (Wildman–Crippen LogP) is 2.21. The molecule has 0 aliphatic rings. The van der Waals surface area contributed by atoms with E-state index in [1.807, 2.05) is 20.8 Å². The third kappa shape index (κ3) is 2.98. The molecule has 0 aliphatic carbocycles. The molecule has 0 bridgehead atoms. The van der Waals surface area contributed by atoms with Crippen molar-refractivity contribution in [2.45, 2.75) is 32.4 Å². The van der Waals surface area contributed by atoms with E-state index in [4.69, 9.17) is 0 Å². The average Bonchev–Trinajstić information content (AvgIpc) is 2.49. The van der Waals surface area contributed by atoms with Gasteiger partial charge >= 0.3 is 12.1 Å². The molecule has 0 fully saturated rings. The number of hydrogen-bond acceptors (Lipinski definition) is 2. The molecule has 0 spiro atoms. The minimum atomic E-state index is -4.90. The lowest BCUT2D eigenvalue weighted by molar-refractivity contribution is -0.167. The standard InChI is InChI=1S/C9H12F3N3O/c1-8(2,3)5-4-6(15-14-5)13-7(16)9(10,11)12/h4H,1-3H3,(H2,13,14,15,16). The highest BCUT2D eigenvalue weighted by molar-refractivity contribution is 5.94. The van der Waals surface area contributed by atoms with Crippen LogP contribution in [0, 0.1) is 0 Å². The Bertz CT molecular complexity index is 389. The van der Waals surface area contributed by atoms with E-state index in [2.05, 4.69) is 10.2 Å². The number of aromatic nitrogens is 2. The summed E-state index contributed by atoms with van der Waals surface area (Å²) in [6, 6.07) is 1.38. The van der Waals surface area contributed by atoms with Crippen molar-refractivity contribution in [3.8, 4) is 0 Å². The minimum Gasteiger partial charge on any atom is -0.301 e. The van der Waals surface area contributed by atoms with Crippen molar-refractivity contribution in [3.63, 3.8) is 0 Å². The number of anilines is 1. The van der Waals surface area contributed by atoms with Gasteiger partial charge in [0.2, 0.25) is 0 Å². The third-order valence-corrected chi connectivity index (χ3v) is 1.88. The maximum absolute atomic E-state index is 11.9. The lowest BCUT2D eigenvalue weighted by Crippen LogP contribution is -2.30. The van der Waals surface area contributed by atoms with Crippen molar-refractivity contribution in [1.82, 2.24) is 10.2 Å². The summed E-state index contributed by atoms with van der Waals surface area (Å²) in [5.41, 5.74) is 0.374. The van der Waals surface area contributed by atoms with E-state index in [0.717, 1.165) is 0 Å². The zero-order valence-electron chi connectivity index (χ0n) is 9.07. The molecule has 4 nitrogen and oxygen atoms in total. The van der Waals surface area contributed by atoms with Crippen molar-refractivity contribution in [2.24, 2.45) is 0 Å². The van der Waals surface area contributed by atoms with Crippen LogP contribution in [0.5, 0.6) is 0 Å². The maximum atomic E-state index is 11.9. The number of rotatable bonds is 1. The van der Waals surface area contributed by atoms with Gasteiger partial charge in [0.15, 0.2) is 5.82 Å². The van der Waals surface area contributed by atoms with E-state index in [1.165, 1.54) is 6.07 Å². The first kappa shape index (κ1) is 12.5. The molecule has 16 heavy (non-hydrogen) atoms. The molecule has 0 unspecified atom stereocenters. The lowest BCUT2D eigenvalue weighted by Gasteiger charge is -2.14. The predicted molar refractivity (Wildman–Crippen MR) is 52.0 cm³/mol. The van der Waals surface area contributed by atoms with Gasteiger partial charge in [0, 0.05) is 17.2 Å². The largest absolute Gasteiger partial charge is 0.471 e. The molecule has 7 heteroatoms. The van der Waals surface area contributed by atoms with Crippen molar-refractivity contribution in [3.05, 3.63) is 11.8 Å². The molecule has 1 rings (SSSR count). The van der Waals surface area contributed by atoms with E-state index in [-0.39, 0.29) is 11.2 Å². The van der Waals surface area contributed by atoms with Gasteiger partial charge in [0.05, 0.1) is 0 Å². The summed E-state index contributed by atoms with van der Waals surface area (Å²) in [6.07, 6.45) is -4.90. The number of aromatic amines is 1. The van der Waals surface area contributed by atoms with Gasteiger partial charge in [-0.3, -0.25) is 9.89 Å². The van der Waals surface area contributed by atoms with E-state index in [9.17, 15) is 18.0 Å². The second-order valence-corrected chi connectivity index (χ2v) is 4.37. The first-order chi connectivity index (χ1) is 7.10. The Morgan fingerprint density at radius 1 is 1.38 bits per heavy atom. The van der Waals surface area contributed by atoms with Gasteiger partial charge in [-0.05, 0) is 0 Å². The molecule has 0 saturated carbocycles. The van der Waals surface area contributed by atoms with Gasteiger partial charge in [0.25, 0.3) is 0 Å². The van der Waals surface area contributed by atoms with Gasteiger partial charge in [0.1, 0.15) is 0 Å². The molecule has 1 heterocycles. The van der Waals surface area contributed by atoms with Gasteiger partial charge < -0.3 is 5.32 Å². The summed E-state index contributed by atoms with van der Waals surface area (Å²) in [5, 5.41) is 7.82. The molecular formula is C9H12F3N3O. The zero-order chi connectivity index (χ0) is 12.6. The maximum Gasteiger partial charge on any atom is 0.471 e. The Balaban J connectivity index is 2.78. The van der Waals surface area contributed by atoms with Crippen LogP contribution in [-0.4, -0.2) is 22.3 Å². The number of nitrogens with one attached hydrogen (secondary N) is 2. The number of amides is 1. The fourth-order valence-corrected chi connectivity index (χ4v) is 0.957. The number of carbonyl (C=O) groups is 1. The highest BCUT2D eigenvalue weighted by Crippen LogP contribution is 2.23. The van der Waals surface area contributed by atoms with E-state index in [1.54, 1.807) is 5.32 Å². The lowest BCUT2D eigenvalue weighted by atomic mass is 9.92. The summed E-state index contributed by atoms with van der Waals surface area (Å²) < 4.78 is 35.8. The van der Waals surface area contributed by atoms with E-state index >= 15 is 0 Å². The molecule has 1 amide bonds. The third-order valence-electron chi connectivity index (χ3n) is 1.88. The number of H-pyrrole nitrogens is 1. The second-order valence-electron chi connectivity index (χ2n) is 4.37. The normalized spacial score (nSPS) is 12.6. The summed E-state index contributed by atoms with van der Waals surface area (Å²) in [7, 11) is 0. The highest BCUT2D eigenvalue weighted by atomic mass is 19.4. The Morgan fingerprint density at radius 2 is 1.94 bits per heavy atom. The second kappa shape index (κ2) is 3.80. The summed E-state index contributed by atoms with van der Waals surface area (Å²) in [6.45, 7) is 5.61. The molecule has 1 aromatic heterocycles. The summed E-state index contributed by atoms with van der Waals surface area (Å²) >= 11 is 0. The van der Waals surface area contributed by atoms with Crippen molar-refractivity contribution in [1.29, 1.82) is 0 Å². The van der Waals surface area contributed by atoms with Crippen LogP contribution in [0.15, 0.2) is 6.07 Å². The van der Waals surface area contributed by atoms with Gasteiger partial charge in [-0.15, -0.1) is 0 Å². The summed E-state index contributed by atoms with van der Waals surface area (Å²) in [4.78, 5) is 10.6. The molecule has 0 radical (unpaired) electrons. The van der Waals surface area contributed by atoms with Crippen molar-refractivity contribution < 1.29 is 18.0 Å². The quantitative estimate of drug-likeness (QED) is 0.784. The Hall–Kier alpha value is -1.53. The van der Waals surface area contributed by atoms with Crippen LogP contribution < -0.4 is 5.32 Å². The van der Waals surface area contributed by atoms with Crippen LogP contribution >= 0.6 is 0 Å². The summed E-state index contributed by atoms with van der Waals surface area (Å²) in [5.74, 6) is -2.16. The van der Waals surface area contributed by atoms with E-state index < -0.39 is 12.1 Å². The van der Waals surface area contributed by atoms with Crippen LogP contribution in [-0.2, 0) is 10.2 Å². The van der Waals surface area contributed by atoms with Crippen LogP contribution in [0.25, 0.3) is 0 Å². The first-order valence-electron chi connectivity index (χ1n) is 4.55. The molecule has 0 aromatic carbocycles. The highest BCUT2D eigenvalue weighted by Gasteiger charge is 2.39. The number of carbonyl (C=O) groups excluding carboxylic acids is 1. The van der Waals surface area contributed by atoms with Gasteiger partial charge in [-0.2, -0.15) is 18.3 Å². The molecule has 0 atom stereocenters. The van der Waals surface area contributed by atoms with Crippen LogP contribution in [0.3, 0.4) is 0 Å². The molecule has 0 aliphatic heterocycles. The Kier molecular flexibility index (Phi) is 2.98. The van der Waals surface area contributed by atoms with Crippen LogP contribution in [0.1, 0.15) is 26.5 Å². The van der Waals surface area contributed by atoms with Crippen LogP contribution in [0.2, 0.25) is 0 Å². The Morgan fingerprint density at radius 3 is 2.31 bits per heavy atom. The van der Waals surface area contributed by atoms with E-state index in [0.29, 0.717) is 5.69 Å². The number of hydrogen-bond donors (Lipinski definition) is 2. The Labute approximate surface area is 90.2 Å². The van der Waals surface area contributed by atoms with Gasteiger partial charge in [-0.25, -0.2) is 0 Å². The number of alkyl halides is 3. The first-order valence-corrected chi connectivity index (χ1v) is 4.55. The van der Waals surface area contributed by atoms with Crippen molar-refractivity contribution >= 4 is 11.7 Å². The smallest absolute Gasteiger partial charge is 0.301 e. The molecule has 2 N–H and O–H groups in total. The zero-order valence-corrected chi connectivity index (χ0v) is 9.07. The minimum absolute atomic E-state index is 0.132. The average molecular weight is 235 g/mol. The number of halogens is 3. The topological polar surface area (TPSA) is 57.8 Å². The monoisotopic (exact) mass is 235 g/mol. The number of nitrogens with zero attached hydrogens (tertiary/aromatic N) is 1. The molecule has 0 saturated heterocycles. The van der Waals surface area contributed by atoms with Crippen LogP contribution in [0.4, 0.5) is 19.0 Å². The fraction of sp³-hybridized carbons (Fsp3) is 0.556. The molecule has 1 aromatic rings.